The van der Waals surface area contributed by atoms with E-state index in [0.717, 1.165) is 16.0 Å². The number of urea groups is 1. The fourth-order valence-electron chi connectivity index (χ4n) is 8.81. The molecule has 10 heteroatoms. The highest BCUT2D eigenvalue weighted by Gasteiger charge is 2.70. The Morgan fingerprint density at radius 2 is 1.56 bits per heavy atom. The second-order valence-corrected chi connectivity index (χ2v) is 13.2. The van der Waals surface area contributed by atoms with Crippen LogP contribution in [0.25, 0.3) is 10.8 Å². The van der Waals surface area contributed by atoms with Gasteiger partial charge < -0.3 is 10.8 Å². The summed E-state index contributed by atoms with van der Waals surface area (Å²) in [7, 11) is 0. The molecule has 4 aromatic rings. The Labute approximate surface area is 275 Å². The fourth-order valence-corrected chi connectivity index (χ4v) is 8.81. The number of allylic oxidation sites excluding steroid dienone is 2. The van der Waals surface area contributed by atoms with E-state index >= 15 is 4.79 Å². The summed E-state index contributed by atoms with van der Waals surface area (Å²) in [6.45, 7) is 1.94. The van der Waals surface area contributed by atoms with Gasteiger partial charge in [-0.15, -0.1) is 0 Å². The molecule has 2 aliphatic heterocycles. The number of nitrogens with zero attached hydrogens (tertiary/aromatic N) is 2. The Hall–Kier alpha value is -5.77. The van der Waals surface area contributed by atoms with Crippen LogP contribution in [0, 0.1) is 30.6 Å². The van der Waals surface area contributed by atoms with Gasteiger partial charge in [-0.2, -0.15) is 9.91 Å². The van der Waals surface area contributed by atoms with E-state index in [1.165, 1.54) is 0 Å². The van der Waals surface area contributed by atoms with Crippen LogP contribution in [0.3, 0.4) is 0 Å². The maximum Gasteiger partial charge on any atom is 0.328 e. The molecular weight excluding hydrogens is 608 g/mol. The van der Waals surface area contributed by atoms with Gasteiger partial charge in [0.1, 0.15) is 5.75 Å². The highest BCUT2D eigenvalue weighted by atomic mass is 16.3. The van der Waals surface area contributed by atoms with E-state index in [1.807, 2.05) is 79.7 Å². The highest BCUT2D eigenvalue weighted by Crippen LogP contribution is 2.65. The number of carbonyl (C=O) groups is 5. The molecule has 2 aliphatic carbocycles. The summed E-state index contributed by atoms with van der Waals surface area (Å²) in [5, 5.41) is 14.4. The molecule has 10 nitrogen and oxygen atoms in total. The van der Waals surface area contributed by atoms with Crippen molar-refractivity contribution in [2.45, 2.75) is 31.1 Å². The first kappa shape index (κ1) is 29.6. The Morgan fingerprint density at radius 3 is 2.29 bits per heavy atom. The number of fused-ring (bicyclic) bond motifs is 5. The van der Waals surface area contributed by atoms with Gasteiger partial charge in [-0.3, -0.25) is 24.6 Å². The van der Waals surface area contributed by atoms with Crippen molar-refractivity contribution in [3.8, 4) is 5.75 Å². The molecule has 2 saturated heterocycles. The van der Waals surface area contributed by atoms with Gasteiger partial charge in [0.2, 0.25) is 11.8 Å². The SMILES string of the molecule is Cc1ccc(NN2C(=O)[C@@H]3C[C@@H]4C(=CC[C@@H]5C(=O)N(C(N)=O)C(=O)[C@@H]54)[C@H](c4ccc5ccccc5c4O)[C@]3(c3ccccc3)C2=O)cc1. The third-order valence-corrected chi connectivity index (χ3v) is 10.9. The van der Waals surface area contributed by atoms with Crippen molar-refractivity contribution >= 4 is 46.1 Å². The van der Waals surface area contributed by atoms with E-state index in [0.29, 0.717) is 32.7 Å². The quantitative estimate of drug-likeness (QED) is 0.212. The van der Waals surface area contributed by atoms with Crippen molar-refractivity contribution in [1.82, 2.24) is 9.91 Å². The number of hydrazine groups is 1. The maximum atomic E-state index is 15.2. The first-order chi connectivity index (χ1) is 23.1. The van der Waals surface area contributed by atoms with Crippen molar-refractivity contribution in [3.05, 3.63) is 119 Å². The number of nitrogens with one attached hydrogen (secondary N) is 1. The molecule has 0 aromatic heterocycles. The van der Waals surface area contributed by atoms with Gasteiger partial charge in [-0.1, -0.05) is 96.1 Å². The average Bonchev–Trinajstić information content (AvgIpc) is 3.47. The van der Waals surface area contributed by atoms with Crippen LogP contribution in [-0.2, 0) is 24.6 Å². The molecular formula is C38H32N4O6. The normalized spacial score (nSPS) is 27.9. The van der Waals surface area contributed by atoms with E-state index in [2.05, 4.69) is 5.43 Å². The summed E-state index contributed by atoms with van der Waals surface area (Å²) < 4.78 is 0. The number of phenols is 1. The largest absolute Gasteiger partial charge is 0.507 e. The van der Waals surface area contributed by atoms with Crippen LogP contribution in [0.2, 0.25) is 0 Å². The van der Waals surface area contributed by atoms with Crippen LogP contribution < -0.4 is 11.2 Å². The molecule has 48 heavy (non-hydrogen) atoms. The molecule has 6 atom stereocenters. The van der Waals surface area contributed by atoms with E-state index in [4.69, 9.17) is 5.73 Å². The van der Waals surface area contributed by atoms with Crippen LogP contribution in [0.5, 0.6) is 5.75 Å². The first-order valence-corrected chi connectivity index (χ1v) is 16.0. The van der Waals surface area contributed by atoms with Gasteiger partial charge in [0.25, 0.3) is 11.8 Å². The third-order valence-electron chi connectivity index (χ3n) is 10.9. The predicted molar refractivity (Wildman–Crippen MR) is 176 cm³/mol. The Morgan fingerprint density at radius 1 is 0.854 bits per heavy atom. The zero-order chi connectivity index (χ0) is 33.5. The van der Waals surface area contributed by atoms with Crippen LogP contribution in [-0.4, -0.2) is 44.7 Å². The van der Waals surface area contributed by atoms with Crippen molar-refractivity contribution < 1.29 is 29.1 Å². The van der Waals surface area contributed by atoms with Gasteiger partial charge in [0, 0.05) is 16.9 Å². The lowest BCUT2D eigenvalue weighted by Crippen LogP contribution is -2.53. The van der Waals surface area contributed by atoms with E-state index < -0.39 is 64.7 Å². The standard InChI is InChI=1S/C38H32N4O6/c1-20-11-14-23(15-12-20)40-42-34(45)29-19-28-25(17-18-26-30(28)35(46)41(33(26)44)37(39)48)31(38(29,36(42)47)22-8-3-2-4-9-22)27-16-13-21-7-5-6-10-24(21)32(27)43/h2-17,26,28-31,40,43H,18-19H2,1H3,(H2,39,48)/t26-,28+,29-,30-,31+,38+/m0/s1. The molecule has 0 spiro atoms. The lowest BCUT2D eigenvalue weighted by atomic mass is 9.49. The van der Waals surface area contributed by atoms with Crippen LogP contribution >= 0.6 is 0 Å². The number of aromatic hydroxyl groups is 1. The molecule has 2 heterocycles. The number of aryl methyl sites for hydroxylation is 1. The summed E-state index contributed by atoms with van der Waals surface area (Å²) in [4.78, 5) is 69.8. The topological polar surface area (TPSA) is 150 Å². The molecule has 6 amide bonds. The number of likely N-dealkylation sites (tertiary alicyclic amines) is 1. The second-order valence-electron chi connectivity index (χ2n) is 13.2. The number of hydrogen-bond donors (Lipinski definition) is 3. The maximum absolute atomic E-state index is 15.2. The number of phenolic OH excluding ortho intramolecular Hbond substituents is 1. The fraction of sp³-hybridized carbons (Fsp3) is 0.237. The minimum atomic E-state index is -1.53. The summed E-state index contributed by atoms with van der Waals surface area (Å²) in [5.74, 6) is -6.73. The zero-order valence-corrected chi connectivity index (χ0v) is 26.0. The van der Waals surface area contributed by atoms with Gasteiger partial charge in [-0.25, -0.2) is 4.79 Å². The third kappa shape index (κ3) is 3.95. The summed E-state index contributed by atoms with van der Waals surface area (Å²) in [6.07, 6.45) is 2.07. The van der Waals surface area contributed by atoms with Crippen LogP contribution in [0.1, 0.15) is 35.4 Å². The molecule has 3 fully saturated rings. The second kappa shape index (κ2) is 10.6. The molecule has 4 aliphatic rings. The number of anilines is 1. The van der Waals surface area contributed by atoms with Gasteiger partial charge in [-0.05, 0) is 48.8 Å². The van der Waals surface area contributed by atoms with Crippen LogP contribution in [0.15, 0.2) is 103 Å². The molecule has 0 radical (unpaired) electrons. The molecule has 0 bridgehead atoms. The summed E-state index contributed by atoms with van der Waals surface area (Å²) in [6, 6.07) is 26.3. The van der Waals surface area contributed by atoms with Gasteiger partial charge >= 0.3 is 6.03 Å². The van der Waals surface area contributed by atoms with E-state index in [9.17, 15) is 24.3 Å². The minimum absolute atomic E-state index is 0.0337. The number of primary amides is 1. The van der Waals surface area contributed by atoms with Crippen molar-refractivity contribution in [2.24, 2.45) is 29.4 Å². The minimum Gasteiger partial charge on any atom is -0.507 e. The molecule has 240 valence electrons. The average molecular weight is 641 g/mol. The van der Waals surface area contributed by atoms with E-state index in [-0.39, 0.29) is 18.6 Å². The lowest BCUT2D eigenvalue weighted by Gasteiger charge is -2.50. The Balaban J connectivity index is 1.39. The number of imide groups is 4. The Kier molecular flexibility index (Phi) is 6.56. The monoisotopic (exact) mass is 640 g/mol. The van der Waals surface area contributed by atoms with E-state index in [1.54, 1.807) is 24.3 Å². The van der Waals surface area contributed by atoms with Crippen molar-refractivity contribution in [3.63, 3.8) is 0 Å². The Bertz CT molecular complexity index is 2090. The lowest BCUT2D eigenvalue weighted by molar-refractivity contribution is -0.139. The number of benzene rings is 4. The number of amides is 6. The van der Waals surface area contributed by atoms with Crippen LogP contribution in [0.4, 0.5) is 10.5 Å². The molecule has 0 unspecified atom stereocenters. The molecule has 8 rings (SSSR count). The number of carbonyl (C=O) groups excluding carboxylic acids is 5. The first-order valence-electron chi connectivity index (χ1n) is 16.0. The highest BCUT2D eigenvalue weighted by molar-refractivity contribution is 6.17. The van der Waals surface area contributed by atoms with Gasteiger partial charge in [0.15, 0.2) is 0 Å². The smallest absolute Gasteiger partial charge is 0.328 e. The van der Waals surface area contributed by atoms with Crippen molar-refractivity contribution in [1.29, 1.82) is 0 Å². The molecule has 1 saturated carbocycles. The molecule has 4 N–H and O–H groups in total. The number of nitrogens with two attached hydrogens (primary N) is 1. The number of rotatable bonds is 4. The number of hydrogen-bond acceptors (Lipinski definition) is 7. The summed E-state index contributed by atoms with van der Waals surface area (Å²) in [5.41, 5.74) is 10.3. The van der Waals surface area contributed by atoms with Gasteiger partial charge in [0.05, 0.1) is 28.9 Å². The van der Waals surface area contributed by atoms with Crippen molar-refractivity contribution in [2.75, 3.05) is 5.43 Å². The molecule has 4 aromatic carbocycles. The summed E-state index contributed by atoms with van der Waals surface area (Å²) >= 11 is 0. The predicted octanol–water partition coefficient (Wildman–Crippen LogP) is 4.92. The zero-order valence-electron chi connectivity index (χ0n) is 26.0.